The largest absolute Gasteiger partial charge is 0.468 e. The fourth-order valence-corrected chi connectivity index (χ4v) is 4.04. The third-order valence-corrected chi connectivity index (χ3v) is 5.36. The molecule has 3 rings (SSSR count). The lowest BCUT2D eigenvalue weighted by Gasteiger charge is -2.08. The van der Waals surface area contributed by atoms with Crippen molar-refractivity contribution >= 4 is 39.3 Å². The number of hydrogen-bond donors (Lipinski definition) is 0. The fourth-order valence-electron chi connectivity index (χ4n) is 2.05. The molecule has 0 N–H and O–H groups in total. The fraction of sp³-hybridized carbons (Fsp3) is 0.188. The molecule has 4 nitrogen and oxygen atoms in total. The summed E-state index contributed by atoms with van der Waals surface area (Å²) in [5, 5.41) is 1.48. The predicted molar refractivity (Wildman–Crippen MR) is 90.2 cm³/mol. The van der Waals surface area contributed by atoms with Crippen LogP contribution in [0.1, 0.15) is 6.92 Å². The molecule has 1 atom stereocenters. The first-order valence-corrected chi connectivity index (χ1v) is 8.43. The lowest BCUT2D eigenvalue weighted by molar-refractivity contribution is -0.139. The Morgan fingerprint density at radius 1 is 1.27 bits per heavy atom. The Hall–Kier alpha value is -1.92. The second-order valence-corrected chi connectivity index (χ2v) is 7.02. The smallest absolute Gasteiger partial charge is 0.318 e. The van der Waals surface area contributed by atoms with Crippen LogP contribution < -0.4 is 0 Å². The van der Waals surface area contributed by atoms with Gasteiger partial charge in [-0.25, -0.2) is 9.97 Å². The van der Waals surface area contributed by atoms with E-state index in [0.29, 0.717) is 0 Å². The normalized spacial score (nSPS) is 12.3. The Morgan fingerprint density at radius 2 is 2.05 bits per heavy atom. The molecule has 0 saturated carbocycles. The number of thiophene rings is 1. The van der Waals surface area contributed by atoms with Gasteiger partial charge in [-0.15, -0.1) is 11.3 Å². The molecule has 0 aliphatic rings. The highest BCUT2D eigenvalue weighted by Crippen LogP contribution is 2.37. The summed E-state index contributed by atoms with van der Waals surface area (Å²) >= 11 is 3.02. The van der Waals surface area contributed by atoms with E-state index < -0.39 is 0 Å². The van der Waals surface area contributed by atoms with E-state index in [4.69, 9.17) is 4.74 Å². The summed E-state index contributed by atoms with van der Waals surface area (Å²) in [6.45, 7) is 1.81. The number of ether oxygens (including phenoxy) is 1. The average Bonchev–Trinajstić information content (AvgIpc) is 3.00. The molecular formula is C16H14N2O2S2. The van der Waals surface area contributed by atoms with Gasteiger partial charge in [0.25, 0.3) is 0 Å². The van der Waals surface area contributed by atoms with Crippen LogP contribution >= 0.6 is 23.1 Å². The van der Waals surface area contributed by atoms with E-state index in [-0.39, 0.29) is 11.2 Å². The van der Waals surface area contributed by atoms with Crippen LogP contribution in [0.4, 0.5) is 0 Å². The zero-order valence-electron chi connectivity index (χ0n) is 12.1. The standard InChI is InChI=1S/C16H14N2O2S2/c1-10(16(19)20-2)21-14-12-8-13(11-6-4-3-5-7-11)22-15(12)18-9-17-14/h3-10H,1-2H3/t10-/m0/s1. The number of thioether (sulfide) groups is 1. The van der Waals surface area contributed by atoms with Gasteiger partial charge in [0.1, 0.15) is 21.4 Å². The molecule has 0 fully saturated rings. The molecular weight excluding hydrogens is 316 g/mol. The molecule has 22 heavy (non-hydrogen) atoms. The van der Waals surface area contributed by atoms with E-state index in [1.165, 1.54) is 18.9 Å². The van der Waals surface area contributed by atoms with E-state index in [9.17, 15) is 4.79 Å². The number of carbonyl (C=O) groups excluding carboxylic acids is 1. The molecule has 0 saturated heterocycles. The van der Waals surface area contributed by atoms with Crippen LogP contribution in [0.2, 0.25) is 0 Å². The van der Waals surface area contributed by atoms with Crippen LogP contribution in [0.5, 0.6) is 0 Å². The van der Waals surface area contributed by atoms with Crippen LogP contribution in [-0.4, -0.2) is 28.3 Å². The number of esters is 1. The van der Waals surface area contributed by atoms with Crippen LogP contribution in [0.25, 0.3) is 20.7 Å². The molecule has 6 heteroatoms. The molecule has 0 aliphatic heterocycles. The minimum absolute atomic E-state index is 0.254. The lowest BCUT2D eigenvalue weighted by Crippen LogP contribution is -2.14. The van der Waals surface area contributed by atoms with Crippen molar-refractivity contribution in [2.45, 2.75) is 17.2 Å². The summed E-state index contributed by atoms with van der Waals surface area (Å²) in [5.74, 6) is -0.254. The van der Waals surface area contributed by atoms with E-state index in [1.807, 2.05) is 25.1 Å². The zero-order valence-corrected chi connectivity index (χ0v) is 13.8. The van der Waals surface area contributed by atoms with Gasteiger partial charge in [0.05, 0.1) is 7.11 Å². The zero-order chi connectivity index (χ0) is 15.5. The van der Waals surface area contributed by atoms with E-state index in [2.05, 4.69) is 28.2 Å². The first-order chi connectivity index (χ1) is 10.7. The summed E-state index contributed by atoms with van der Waals surface area (Å²) in [4.78, 5) is 22.3. The second kappa shape index (κ2) is 6.46. The summed E-state index contributed by atoms with van der Waals surface area (Å²) in [6, 6.07) is 12.3. The molecule has 2 heterocycles. The van der Waals surface area contributed by atoms with Crippen LogP contribution in [0, 0.1) is 0 Å². The Bertz CT molecular complexity index is 802. The van der Waals surface area contributed by atoms with Gasteiger partial charge in [0.15, 0.2) is 0 Å². The predicted octanol–water partition coefficient (Wildman–Crippen LogP) is 4.01. The van der Waals surface area contributed by atoms with Crippen molar-refractivity contribution in [1.82, 2.24) is 9.97 Å². The molecule has 0 aliphatic carbocycles. The van der Waals surface area contributed by atoms with Gasteiger partial charge in [-0.2, -0.15) is 0 Å². The highest BCUT2D eigenvalue weighted by molar-refractivity contribution is 8.00. The van der Waals surface area contributed by atoms with Crippen molar-refractivity contribution in [3.05, 3.63) is 42.7 Å². The first kappa shape index (κ1) is 15.0. The maximum Gasteiger partial charge on any atom is 0.318 e. The summed E-state index contributed by atoms with van der Waals surface area (Å²) in [7, 11) is 1.40. The SMILES string of the molecule is COC(=O)[C@H](C)Sc1ncnc2sc(-c3ccccc3)cc12. The number of nitrogens with zero attached hydrogens (tertiary/aromatic N) is 2. The molecule has 2 aromatic heterocycles. The minimum atomic E-state index is -0.303. The second-order valence-electron chi connectivity index (χ2n) is 4.66. The van der Waals surface area contributed by atoms with Crippen LogP contribution in [0.3, 0.4) is 0 Å². The van der Waals surface area contributed by atoms with Crippen molar-refractivity contribution in [2.75, 3.05) is 7.11 Å². The van der Waals surface area contributed by atoms with Crippen molar-refractivity contribution in [2.24, 2.45) is 0 Å². The quantitative estimate of drug-likeness (QED) is 0.411. The minimum Gasteiger partial charge on any atom is -0.468 e. The highest BCUT2D eigenvalue weighted by atomic mass is 32.2. The van der Waals surface area contributed by atoms with E-state index in [1.54, 1.807) is 17.7 Å². The number of rotatable bonds is 4. The monoisotopic (exact) mass is 330 g/mol. The van der Waals surface area contributed by atoms with Gasteiger partial charge in [-0.3, -0.25) is 4.79 Å². The Balaban J connectivity index is 1.99. The molecule has 0 amide bonds. The summed E-state index contributed by atoms with van der Waals surface area (Å²) < 4.78 is 4.77. The van der Waals surface area contributed by atoms with Gasteiger partial charge in [0, 0.05) is 10.3 Å². The van der Waals surface area contributed by atoms with Crippen molar-refractivity contribution in [3.63, 3.8) is 0 Å². The van der Waals surface area contributed by atoms with Crippen molar-refractivity contribution in [3.8, 4) is 10.4 Å². The first-order valence-electron chi connectivity index (χ1n) is 6.73. The van der Waals surface area contributed by atoms with Gasteiger partial charge in [-0.1, -0.05) is 42.1 Å². The Labute approximate surface area is 136 Å². The molecule has 0 unspecified atom stereocenters. The van der Waals surface area contributed by atoms with Gasteiger partial charge >= 0.3 is 5.97 Å². The van der Waals surface area contributed by atoms with Crippen molar-refractivity contribution < 1.29 is 9.53 Å². The van der Waals surface area contributed by atoms with Crippen LogP contribution in [-0.2, 0) is 9.53 Å². The highest BCUT2D eigenvalue weighted by Gasteiger charge is 2.18. The molecule has 0 spiro atoms. The average molecular weight is 330 g/mol. The molecule has 1 aromatic carbocycles. The van der Waals surface area contributed by atoms with E-state index in [0.717, 1.165) is 25.7 Å². The van der Waals surface area contributed by atoms with Crippen LogP contribution in [0.15, 0.2) is 47.8 Å². The maximum atomic E-state index is 11.6. The third kappa shape index (κ3) is 2.98. The number of carbonyl (C=O) groups is 1. The Morgan fingerprint density at radius 3 is 2.77 bits per heavy atom. The number of benzene rings is 1. The molecule has 3 aromatic rings. The van der Waals surface area contributed by atoms with Gasteiger partial charge in [-0.05, 0) is 18.6 Å². The topological polar surface area (TPSA) is 52.1 Å². The lowest BCUT2D eigenvalue weighted by atomic mass is 10.2. The molecule has 0 bridgehead atoms. The number of methoxy groups -OCH3 is 1. The summed E-state index contributed by atoms with van der Waals surface area (Å²) in [5.41, 5.74) is 1.16. The molecule has 112 valence electrons. The molecule has 0 radical (unpaired) electrons. The van der Waals surface area contributed by atoms with Gasteiger partial charge < -0.3 is 4.74 Å². The van der Waals surface area contributed by atoms with Gasteiger partial charge in [0.2, 0.25) is 0 Å². The van der Waals surface area contributed by atoms with E-state index >= 15 is 0 Å². The maximum absolute atomic E-state index is 11.6. The van der Waals surface area contributed by atoms with Crippen molar-refractivity contribution in [1.29, 1.82) is 0 Å². The number of fused-ring (bicyclic) bond motifs is 1. The number of hydrogen-bond acceptors (Lipinski definition) is 6. The number of aromatic nitrogens is 2. The Kier molecular flexibility index (Phi) is 4.40. The third-order valence-electron chi connectivity index (χ3n) is 3.17. The summed E-state index contributed by atoms with van der Waals surface area (Å²) in [6.07, 6.45) is 1.54.